The summed E-state index contributed by atoms with van der Waals surface area (Å²) in [6.45, 7) is 0.0626. The van der Waals surface area contributed by atoms with E-state index in [0.717, 1.165) is 22.0 Å². The molecule has 0 aliphatic heterocycles. The molecule has 0 spiro atoms. The minimum atomic E-state index is -4.01. The molecule has 0 saturated carbocycles. The maximum atomic E-state index is 13.9. The van der Waals surface area contributed by atoms with Gasteiger partial charge in [0.25, 0.3) is 21.8 Å². The number of benzene rings is 2. The largest absolute Gasteiger partial charge is 0.497 e. The van der Waals surface area contributed by atoms with Crippen LogP contribution in [0, 0.1) is 5.82 Å². The normalized spacial score (nSPS) is 11.4. The van der Waals surface area contributed by atoms with Crippen molar-refractivity contribution in [3.63, 3.8) is 0 Å². The van der Waals surface area contributed by atoms with Gasteiger partial charge in [0, 0.05) is 13.6 Å². The summed E-state index contributed by atoms with van der Waals surface area (Å²) in [7, 11) is -1.09. The quantitative estimate of drug-likeness (QED) is 0.517. The first-order chi connectivity index (χ1) is 15.1. The molecule has 2 amide bonds. The lowest BCUT2D eigenvalue weighted by Crippen LogP contribution is -2.25. The molecule has 0 saturated heterocycles. The van der Waals surface area contributed by atoms with E-state index in [-0.39, 0.29) is 26.9 Å². The second-order valence-corrected chi connectivity index (χ2v) is 10.0. The van der Waals surface area contributed by atoms with Crippen LogP contribution in [0.3, 0.4) is 0 Å². The summed E-state index contributed by atoms with van der Waals surface area (Å²) in [5, 5.41) is 2.30. The summed E-state index contributed by atoms with van der Waals surface area (Å²) >= 11 is 0.664. The molecular weight excluding hydrogens is 457 g/mol. The Kier molecular flexibility index (Phi) is 6.92. The Balaban J connectivity index is 1.87. The van der Waals surface area contributed by atoms with Crippen LogP contribution in [0.1, 0.15) is 26.3 Å². The van der Waals surface area contributed by atoms with Crippen molar-refractivity contribution >= 4 is 38.2 Å². The van der Waals surface area contributed by atoms with E-state index in [9.17, 15) is 22.4 Å². The molecule has 0 atom stereocenters. The third kappa shape index (κ3) is 4.96. The summed E-state index contributed by atoms with van der Waals surface area (Å²) in [6, 6.07) is 13.3. The molecule has 0 aliphatic rings. The van der Waals surface area contributed by atoms with Gasteiger partial charge in [0.05, 0.1) is 18.2 Å². The predicted molar refractivity (Wildman–Crippen MR) is 119 cm³/mol. The Morgan fingerprint density at radius 3 is 2.38 bits per heavy atom. The van der Waals surface area contributed by atoms with Gasteiger partial charge in [-0.15, -0.1) is 11.3 Å². The minimum absolute atomic E-state index is 0.0626. The molecular formula is C21H20FN3O5S2. The number of methoxy groups -OCH3 is 1. The van der Waals surface area contributed by atoms with Crippen LogP contribution in [-0.2, 0) is 16.6 Å². The number of thiophene rings is 1. The standard InChI is InChI=1S/C21H20FN3O5S2/c1-25(12-13-7-9-14(30-2)10-8-13)32(28,29)18-11-16(19(23)26)21(31-18)24-20(27)15-5-3-4-6-17(15)22/h3-11H,12H2,1-2H3,(H2,23,26)(H,24,27). The molecule has 32 heavy (non-hydrogen) atoms. The summed E-state index contributed by atoms with van der Waals surface area (Å²) in [4.78, 5) is 24.3. The van der Waals surface area contributed by atoms with E-state index in [1.54, 1.807) is 24.3 Å². The van der Waals surface area contributed by atoms with Gasteiger partial charge >= 0.3 is 0 Å². The van der Waals surface area contributed by atoms with Gasteiger partial charge in [-0.1, -0.05) is 24.3 Å². The molecule has 0 bridgehead atoms. The highest BCUT2D eigenvalue weighted by atomic mass is 32.2. The second kappa shape index (κ2) is 9.47. The average molecular weight is 478 g/mol. The number of ether oxygens (including phenoxy) is 1. The number of amides is 2. The van der Waals surface area contributed by atoms with Crippen LogP contribution < -0.4 is 15.8 Å². The van der Waals surface area contributed by atoms with Crippen molar-refractivity contribution in [3.8, 4) is 5.75 Å². The van der Waals surface area contributed by atoms with Gasteiger partial charge in [0.2, 0.25) is 0 Å². The average Bonchev–Trinajstić information content (AvgIpc) is 3.19. The molecule has 1 aromatic heterocycles. The Morgan fingerprint density at radius 2 is 1.78 bits per heavy atom. The highest BCUT2D eigenvalue weighted by Gasteiger charge is 2.27. The van der Waals surface area contributed by atoms with Crippen molar-refractivity contribution in [2.45, 2.75) is 10.8 Å². The van der Waals surface area contributed by atoms with Crippen LogP contribution in [0.25, 0.3) is 0 Å². The highest BCUT2D eigenvalue weighted by Crippen LogP contribution is 2.33. The molecule has 1 heterocycles. The smallest absolute Gasteiger partial charge is 0.259 e. The zero-order valence-corrected chi connectivity index (χ0v) is 18.8. The van der Waals surface area contributed by atoms with Crippen molar-refractivity contribution in [1.82, 2.24) is 4.31 Å². The number of nitrogens with zero attached hydrogens (tertiary/aromatic N) is 1. The van der Waals surface area contributed by atoms with E-state index in [1.807, 2.05) is 0 Å². The van der Waals surface area contributed by atoms with E-state index in [0.29, 0.717) is 17.1 Å². The fraction of sp³-hybridized carbons (Fsp3) is 0.143. The lowest BCUT2D eigenvalue weighted by molar-refractivity contribution is 0.100. The second-order valence-electron chi connectivity index (χ2n) is 6.72. The van der Waals surface area contributed by atoms with Gasteiger partial charge in [0.15, 0.2) is 0 Å². The Morgan fingerprint density at radius 1 is 1.12 bits per heavy atom. The molecule has 2 aromatic carbocycles. The molecule has 0 aliphatic carbocycles. The molecule has 3 aromatic rings. The first kappa shape index (κ1) is 23.4. The summed E-state index contributed by atoms with van der Waals surface area (Å²) in [5.74, 6) is -1.87. The van der Waals surface area contributed by atoms with Crippen molar-refractivity contribution in [2.24, 2.45) is 5.73 Å². The third-order valence-electron chi connectivity index (χ3n) is 4.55. The molecule has 0 radical (unpaired) electrons. The van der Waals surface area contributed by atoms with Gasteiger partial charge < -0.3 is 15.8 Å². The monoisotopic (exact) mass is 477 g/mol. The fourth-order valence-electron chi connectivity index (χ4n) is 2.81. The van der Waals surface area contributed by atoms with Crippen LogP contribution >= 0.6 is 11.3 Å². The topological polar surface area (TPSA) is 119 Å². The van der Waals surface area contributed by atoms with Gasteiger partial charge in [-0.25, -0.2) is 12.8 Å². The molecule has 0 fully saturated rings. The molecule has 3 rings (SSSR count). The SMILES string of the molecule is COc1ccc(CN(C)S(=O)(=O)c2cc(C(N)=O)c(NC(=O)c3ccccc3F)s2)cc1. The number of carbonyl (C=O) groups is 2. The predicted octanol–water partition coefficient (Wildman–Crippen LogP) is 3.07. The molecule has 11 heteroatoms. The van der Waals surface area contributed by atoms with Crippen LogP contribution in [0.5, 0.6) is 5.75 Å². The summed E-state index contributed by atoms with van der Waals surface area (Å²) in [5.41, 5.74) is 5.65. The fourth-order valence-corrected chi connectivity index (χ4v) is 5.55. The lowest BCUT2D eigenvalue weighted by Gasteiger charge is -2.16. The number of hydrogen-bond donors (Lipinski definition) is 2. The van der Waals surface area contributed by atoms with E-state index in [1.165, 1.54) is 32.4 Å². The van der Waals surface area contributed by atoms with Gasteiger partial charge in [0.1, 0.15) is 20.8 Å². The summed E-state index contributed by atoms with van der Waals surface area (Å²) < 4.78 is 46.0. The number of halogens is 1. The maximum Gasteiger partial charge on any atom is 0.259 e. The van der Waals surface area contributed by atoms with Crippen LogP contribution in [-0.4, -0.2) is 38.7 Å². The van der Waals surface area contributed by atoms with Crippen molar-refractivity contribution in [2.75, 3.05) is 19.5 Å². The van der Waals surface area contributed by atoms with E-state index in [4.69, 9.17) is 10.5 Å². The first-order valence-corrected chi connectivity index (χ1v) is 11.5. The number of primary amides is 1. The molecule has 8 nitrogen and oxygen atoms in total. The Bertz CT molecular complexity index is 1260. The van der Waals surface area contributed by atoms with E-state index < -0.39 is 27.7 Å². The number of anilines is 1. The van der Waals surface area contributed by atoms with Crippen LogP contribution in [0.2, 0.25) is 0 Å². The van der Waals surface area contributed by atoms with Crippen LogP contribution in [0.4, 0.5) is 9.39 Å². The lowest BCUT2D eigenvalue weighted by atomic mass is 10.2. The number of sulfonamides is 1. The zero-order valence-electron chi connectivity index (χ0n) is 17.2. The maximum absolute atomic E-state index is 13.9. The van der Waals surface area contributed by atoms with Crippen molar-refractivity contribution < 1.29 is 27.1 Å². The van der Waals surface area contributed by atoms with Crippen molar-refractivity contribution in [3.05, 3.63) is 77.1 Å². The molecule has 3 N–H and O–H groups in total. The zero-order chi connectivity index (χ0) is 23.5. The van der Waals surface area contributed by atoms with Crippen molar-refractivity contribution in [1.29, 1.82) is 0 Å². The Hall–Kier alpha value is -3.28. The molecule has 0 unspecified atom stereocenters. The molecule has 168 valence electrons. The van der Waals surface area contributed by atoms with E-state index >= 15 is 0 Å². The third-order valence-corrected chi connectivity index (χ3v) is 7.85. The van der Waals surface area contributed by atoms with E-state index in [2.05, 4.69) is 5.32 Å². The highest BCUT2D eigenvalue weighted by molar-refractivity contribution is 7.91. The van der Waals surface area contributed by atoms with Gasteiger partial charge in [-0.2, -0.15) is 4.31 Å². The number of hydrogen-bond acceptors (Lipinski definition) is 6. The first-order valence-electron chi connectivity index (χ1n) is 9.22. The number of carbonyl (C=O) groups excluding carboxylic acids is 2. The number of nitrogens with one attached hydrogen (secondary N) is 1. The number of nitrogens with two attached hydrogens (primary N) is 1. The Labute approximate surface area is 188 Å². The minimum Gasteiger partial charge on any atom is -0.497 e. The summed E-state index contributed by atoms with van der Waals surface area (Å²) in [6.07, 6.45) is 0. The van der Waals surface area contributed by atoms with Gasteiger partial charge in [-0.05, 0) is 35.9 Å². The van der Waals surface area contributed by atoms with Gasteiger partial charge in [-0.3, -0.25) is 9.59 Å². The van der Waals surface area contributed by atoms with Crippen LogP contribution in [0.15, 0.2) is 58.8 Å². The number of rotatable bonds is 8.